The van der Waals surface area contributed by atoms with Gasteiger partial charge < -0.3 is 10.1 Å². The first-order valence-electron chi connectivity index (χ1n) is 11.4. The van der Waals surface area contributed by atoms with Gasteiger partial charge in [0.1, 0.15) is 5.75 Å². The van der Waals surface area contributed by atoms with Gasteiger partial charge in [-0.15, -0.1) is 0 Å². The van der Waals surface area contributed by atoms with Gasteiger partial charge >= 0.3 is 0 Å². The van der Waals surface area contributed by atoms with Crippen molar-refractivity contribution < 1.29 is 17.9 Å². The molecule has 0 aliphatic carbocycles. The summed E-state index contributed by atoms with van der Waals surface area (Å²) in [4.78, 5) is 13.1. The van der Waals surface area contributed by atoms with Crippen molar-refractivity contribution >= 4 is 15.9 Å². The van der Waals surface area contributed by atoms with Gasteiger partial charge in [0, 0.05) is 30.8 Å². The Hall–Kier alpha value is -3.16. The molecule has 1 amide bonds. The minimum atomic E-state index is -3.68. The second-order valence-corrected chi connectivity index (χ2v) is 10.3. The van der Waals surface area contributed by atoms with E-state index in [0.29, 0.717) is 23.5 Å². The van der Waals surface area contributed by atoms with Crippen LogP contribution < -0.4 is 10.1 Å². The number of rotatable bonds is 11. The lowest BCUT2D eigenvalue weighted by molar-refractivity contribution is 0.0938. The third-order valence-electron chi connectivity index (χ3n) is 5.55. The van der Waals surface area contributed by atoms with E-state index in [1.54, 1.807) is 48.5 Å². The van der Waals surface area contributed by atoms with Crippen molar-refractivity contribution in [2.45, 2.75) is 44.2 Å². The van der Waals surface area contributed by atoms with Gasteiger partial charge in [0.25, 0.3) is 5.91 Å². The van der Waals surface area contributed by atoms with E-state index in [0.717, 1.165) is 12.8 Å². The highest BCUT2D eigenvalue weighted by Crippen LogP contribution is 2.25. The summed E-state index contributed by atoms with van der Waals surface area (Å²) in [6.07, 6.45) is 1.69. The molecule has 0 aliphatic heterocycles. The lowest BCUT2D eigenvalue weighted by Crippen LogP contribution is -2.33. The molecule has 3 rings (SSSR count). The van der Waals surface area contributed by atoms with Gasteiger partial charge in [-0.05, 0) is 62.6 Å². The Morgan fingerprint density at radius 2 is 1.65 bits per heavy atom. The van der Waals surface area contributed by atoms with Gasteiger partial charge in [-0.2, -0.15) is 4.31 Å². The number of nitrogens with one attached hydrogen (secondary N) is 1. The molecule has 180 valence electrons. The fourth-order valence-electron chi connectivity index (χ4n) is 3.64. The molecule has 34 heavy (non-hydrogen) atoms. The molecule has 3 aromatic carbocycles. The Kier molecular flexibility index (Phi) is 8.85. The van der Waals surface area contributed by atoms with E-state index in [9.17, 15) is 13.2 Å². The zero-order valence-corrected chi connectivity index (χ0v) is 20.7. The van der Waals surface area contributed by atoms with Crippen LogP contribution in [-0.4, -0.2) is 38.3 Å². The third kappa shape index (κ3) is 6.68. The van der Waals surface area contributed by atoms with Crippen molar-refractivity contribution in [2.24, 2.45) is 0 Å². The fourth-order valence-corrected chi connectivity index (χ4v) is 4.81. The van der Waals surface area contributed by atoms with Gasteiger partial charge in [-0.3, -0.25) is 4.79 Å². The molecule has 0 saturated carbocycles. The van der Waals surface area contributed by atoms with Crippen molar-refractivity contribution in [1.29, 1.82) is 0 Å². The number of benzene rings is 3. The van der Waals surface area contributed by atoms with Crippen LogP contribution in [0.15, 0.2) is 83.8 Å². The Morgan fingerprint density at radius 3 is 2.29 bits per heavy atom. The number of ether oxygens (including phenoxy) is 1. The Bertz CT molecular complexity index is 1180. The van der Waals surface area contributed by atoms with Gasteiger partial charge in [-0.1, -0.05) is 48.5 Å². The SMILES string of the molecule is CCOc1ccc(C(=O)N[C@@H](C)CCc2ccccc2)cc1CN(C)S(=O)(=O)c1ccccc1. The number of carbonyl (C=O) groups is 1. The first-order chi connectivity index (χ1) is 16.3. The van der Waals surface area contributed by atoms with Crippen molar-refractivity contribution in [3.8, 4) is 5.75 Å². The smallest absolute Gasteiger partial charge is 0.251 e. The summed E-state index contributed by atoms with van der Waals surface area (Å²) in [5.74, 6) is 0.365. The molecular weight excluding hydrogens is 448 g/mol. The molecule has 0 aliphatic rings. The van der Waals surface area contributed by atoms with Crippen LogP contribution in [-0.2, 0) is 23.0 Å². The van der Waals surface area contributed by atoms with Crippen LogP contribution in [0.2, 0.25) is 0 Å². The Labute approximate surface area is 202 Å². The van der Waals surface area contributed by atoms with E-state index in [1.165, 1.54) is 16.9 Å². The predicted molar refractivity (Wildman–Crippen MR) is 134 cm³/mol. The summed E-state index contributed by atoms with van der Waals surface area (Å²) in [7, 11) is -2.15. The second-order valence-electron chi connectivity index (χ2n) is 8.23. The van der Waals surface area contributed by atoms with Crippen LogP contribution >= 0.6 is 0 Å². The van der Waals surface area contributed by atoms with E-state index in [2.05, 4.69) is 17.4 Å². The van der Waals surface area contributed by atoms with Gasteiger partial charge in [0.2, 0.25) is 10.0 Å². The van der Waals surface area contributed by atoms with Crippen molar-refractivity contribution in [1.82, 2.24) is 9.62 Å². The topological polar surface area (TPSA) is 75.7 Å². The van der Waals surface area contributed by atoms with Crippen LogP contribution in [0.3, 0.4) is 0 Å². The number of carbonyl (C=O) groups excluding carboxylic acids is 1. The maximum atomic E-state index is 13.0. The Morgan fingerprint density at radius 1 is 1.00 bits per heavy atom. The largest absolute Gasteiger partial charge is 0.494 e. The highest BCUT2D eigenvalue weighted by molar-refractivity contribution is 7.89. The quantitative estimate of drug-likeness (QED) is 0.433. The summed E-state index contributed by atoms with van der Waals surface area (Å²) in [5.41, 5.74) is 2.33. The maximum Gasteiger partial charge on any atom is 0.251 e. The number of nitrogens with zero attached hydrogens (tertiary/aromatic N) is 1. The maximum absolute atomic E-state index is 13.0. The highest BCUT2D eigenvalue weighted by atomic mass is 32.2. The van der Waals surface area contributed by atoms with Crippen molar-refractivity contribution in [3.05, 3.63) is 95.6 Å². The fraction of sp³-hybridized carbons (Fsp3) is 0.296. The molecule has 0 aromatic heterocycles. The Balaban J connectivity index is 1.72. The van der Waals surface area contributed by atoms with Gasteiger partial charge in [-0.25, -0.2) is 8.42 Å². The lowest BCUT2D eigenvalue weighted by Gasteiger charge is -2.20. The van der Waals surface area contributed by atoms with Gasteiger partial charge in [0.05, 0.1) is 11.5 Å². The zero-order chi connectivity index (χ0) is 24.6. The molecule has 3 aromatic rings. The second kappa shape index (κ2) is 11.8. The monoisotopic (exact) mass is 480 g/mol. The average molecular weight is 481 g/mol. The number of sulfonamides is 1. The molecule has 0 bridgehead atoms. The van der Waals surface area contributed by atoms with E-state index < -0.39 is 10.0 Å². The van der Waals surface area contributed by atoms with Crippen LogP contribution in [0.1, 0.15) is 41.8 Å². The lowest BCUT2D eigenvalue weighted by atomic mass is 10.1. The zero-order valence-electron chi connectivity index (χ0n) is 19.9. The molecule has 0 unspecified atom stereocenters. The molecule has 0 radical (unpaired) electrons. The molecule has 1 atom stereocenters. The normalized spacial score (nSPS) is 12.4. The van der Waals surface area contributed by atoms with Crippen molar-refractivity contribution in [2.75, 3.05) is 13.7 Å². The van der Waals surface area contributed by atoms with E-state index in [-0.39, 0.29) is 23.4 Å². The van der Waals surface area contributed by atoms with Crippen LogP contribution in [0.5, 0.6) is 5.75 Å². The molecule has 6 nitrogen and oxygen atoms in total. The standard InChI is InChI=1S/C27H32N2O4S/c1-4-33-26-18-17-23(27(30)28-21(2)15-16-22-11-7-5-8-12-22)19-24(26)20-29(3)34(31,32)25-13-9-6-10-14-25/h5-14,17-19,21H,4,15-16,20H2,1-3H3,(H,28,30)/t21-/m0/s1. The molecule has 1 N–H and O–H groups in total. The summed E-state index contributed by atoms with van der Waals surface area (Å²) < 4.78 is 32.9. The van der Waals surface area contributed by atoms with Crippen LogP contribution in [0.4, 0.5) is 0 Å². The number of hydrogen-bond donors (Lipinski definition) is 1. The first kappa shape index (κ1) is 25.5. The minimum absolute atomic E-state index is 0.0103. The van der Waals surface area contributed by atoms with Crippen LogP contribution in [0.25, 0.3) is 0 Å². The number of aryl methyl sites for hydroxylation is 1. The predicted octanol–water partition coefficient (Wildman–Crippen LogP) is 4.66. The average Bonchev–Trinajstić information content (AvgIpc) is 2.85. The van der Waals surface area contributed by atoms with Crippen LogP contribution in [0, 0.1) is 0 Å². The summed E-state index contributed by atoms with van der Waals surface area (Å²) in [5, 5.41) is 3.04. The first-order valence-corrected chi connectivity index (χ1v) is 12.9. The summed E-state index contributed by atoms with van der Waals surface area (Å²) in [6, 6.07) is 23.6. The number of hydrogen-bond acceptors (Lipinski definition) is 4. The molecule has 0 fully saturated rings. The highest BCUT2D eigenvalue weighted by Gasteiger charge is 2.22. The molecule has 0 spiro atoms. The molecule has 7 heteroatoms. The number of amides is 1. The molecule has 0 heterocycles. The molecular formula is C27H32N2O4S. The van der Waals surface area contributed by atoms with Gasteiger partial charge in [0.15, 0.2) is 0 Å². The van der Waals surface area contributed by atoms with E-state index in [1.807, 2.05) is 32.0 Å². The van der Waals surface area contributed by atoms with E-state index in [4.69, 9.17) is 4.74 Å². The third-order valence-corrected chi connectivity index (χ3v) is 7.37. The van der Waals surface area contributed by atoms with E-state index >= 15 is 0 Å². The van der Waals surface area contributed by atoms with Crippen molar-refractivity contribution in [3.63, 3.8) is 0 Å². The summed E-state index contributed by atoms with van der Waals surface area (Å²) in [6.45, 7) is 4.36. The minimum Gasteiger partial charge on any atom is -0.494 e. The summed E-state index contributed by atoms with van der Waals surface area (Å²) >= 11 is 0. The molecule has 0 saturated heterocycles.